The van der Waals surface area contributed by atoms with Crippen LogP contribution in [-0.2, 0) is 12.8 Å². The van der Waals surface area contributed by atoms with Crippen molar-refractivity contribution >= 4 is 33.3 Å². The molecule has 0 aliphatic heterocycles. The van der Waals surface area contributed by atoms with Gasteiger partial charge in [-0.15, -0.1) is 11.3 Å². The Labute approximate surface area is 187 Å². The maximum absolute atomic E-state index is 13.8. The number of thiophene rings is 1. The second-order valence-electron chi connectivity index (χ2n) is 9.61. The fraction of sp³-hybridized carbons (Fsp3) is 0.440. The van der Waals surface area contributed by atoms with Gasteiger partial charge in [-0.25, -0.2) is 4.98 Å². The van der Waals surface area contributed by atoms with E-state index in [1.54, 1.807) is 27.7 Å². The number of aryl methyl sites for hydroxylation is 2. The Hall–Kier alpha value is -1.85. The number of aromatic nitrogens is 2. The van der Waals surface area contributed by atoms with Gasteiger partial charge in [-0.2, -0.15) is 0 Å². The van der Waals surface area contributed by atoms with Crippen LogP contribution in [0.2, 0.25) is 0 Å². The van der Waals surface area contributed by atoms with Crippen molar-refractivity contribution in [2.75, 3.05) is 5.75 Å². The van der Waals surface area contributed by atoms with Crippen LogP contribution in [0, 0.1) is 18.3 Å². The largest absolute Gasteiger partial charge is 0.268 e. The third-order valence-corrected chi connectivity index (χ3v) is 8.33. The van der Waals surface area contributed by atoms with Gasteiger partial charge < -0.3 is 0 Å². The van der Waals surface area contributed by atoms with Gasteiger partial charge in [0.2, 0.25) is 0 Å². The highest BCUT2D eigenvalue weighted by Gasteiger charge is 2.32. The summed E-state index contributed by atoms with van der Waals surface area (Å²) in [6.07, 6.45) is 3.16. The molecular formula is C25H30N2OS2. The van der Waals surface area contributed by atoms with Crippen molar-refractivity contribution < 1.29 is 0 Å². The minimum atomic E-state index is 0.0692. The van der Waals surface area contributed by atoms with Gasteiger partial charge in [0.25, 0.3) is 5.56 Å². The Morgan fingerprint density at radius 3 is 2.63 bits per heavy atom. The lowest BCUT2D eigenvalue weighted by Gasteiger charge is -2.33. The van der Waals surface area contributed by atoms with E-state index in [-0.39, 0.29) is 11.0 Å². The molecule has 0 radical (unpaired) electrons. The summed E-state index contributed by atoms with van der Waals surface area (Å²) >= 11 is 3.32. The van der Waals surface area contributed by atoms with E-state index in [1.807, 2.05) is 19.1 Å². The van der Waals surface area contributed by atoms with Crippen molar-refractivity contribution in [1.29, 1.82) is 0 Å². The lowest BCUT2D eigenvalue weighted by Crippen LogP contribution is -2.27. The first-order valence-corrected chi connectivity index (χ1v) is 12.4. The van der Waals surface area contributed by atoms with Crippen molar-refractivity contribution in [3.05, 3.63) is 62.8 Å². The van der Waals surface area contributed by atoms with E-state index >= 15 is 0 Å². The Bertz CT molecular complexity index is 1160. The lowest BCUT2D eigenvalue weighted by atomic mass is 9.72. The normalized spacial score (nSPS) is 16.6. The van der Waals surface area contributed by atoms with Crippen LogP contribution >= 0.6 is 23.1 Å². The van der Waals surface area contributed by atoms with Gasteiger partial charge in [0.15, 0.2) is 5.16 Å². The van der Waals surface area contributed by atoms with Gasteiger partial charge in [-0.1, -0.05) is 62.4 Å². The Morgan fingerprint density at radius 2 is 2.00 bits per heavy atom. The predicted octanol–water partition coefficient (Wildman–Crippen LogP) is 6.57. The third-order valence-electron chi connectivity index (χ3n) is 6.02. The van der Waals surface area contributed by atoms with Crippen LogP contribution < -0.4 is 5.56 Å². The summed E-state index contributed by atoms with van der Waals surface area (Å²) in [5.74, 6) is 1.40. The van der Waals surface area contributed by atoms with Crippen LogP contribution in [0.1, 0.15) is 50.1 Å². The fourth-order valence-corrected chi connectivity index (χ4v) is 6.35. The van der Waals surface area contributed by atoms with Crippen molar-refractivity contribution in [2.24, 2.45) is 11.3 Å². The summed E-state index contributed by atoms with van der Waals surface area (Å²) in [7, 11) is 0. The molecule has 0 fully saturated rings. The minimum Gasteiger partial charge on any atom is -0.268 e. The zero-order valence-corrected chi connectivity index (χ0v) is 20.2. The minimum absolute atomic E-state index is 0.0692. The summed E-state index contributed by atoms with van der Waals surface area (Å²) in [6.45, 7) is 15.1. The molecule has 1 aliphatic carbocycles. The molecule has 1 aromatic carbocycles. The molecule has 2 heterocycles. The van der Waals surface area contributed by atoms with Gasteiger partial charge in [-0.3, -0.25) is 9.36 Å². The third kappa shape index (κ3) is 4.02. The van der Waals surface area contributed by atoms with Crippen molar-refractivity contribution in [3.8, 4) is 5.69 Å². The number of hydrogen-bond acceptors (Lipinski definition) is 4. The molecule has 3 aromatic rings. The second-order valence-corrected chi connectivity index (χ2v) is 11.6. The van der Waals surface area contributed by atoms with E-state index in [1.165, 1.54) is 16.0 Å². The monoisotopic (exact) mass is 438 g/mol. The number of rotatable bonds is 4. The molecule has 0 N–H and O–H groups in total. The molecule has 2 aromatic heterocycles. The molecular weight excluding hydrogens is 408 g/mol. The molecule has 4 rings (SSSR count). The topological polar surface area (TPSA) is 34.9 Å². The molecule has 3 nitrogen and oxygen atoms in total. The number of benzene rings is 1. The van der Waals surface area contributed by atoms with Gasteiger partial charge in [-0.05, 0) is 62.1 Å². The first-order valence-electron chi connectivity index (χ1n) is 10.6. The maximum Gasteiger partial charge on any atom is 0.267 e. The number of hydrogen-bond donors (Lipinski definition) is 0. The summed E-state index contributed by atoms with van der Waals surface area (Å²) in [4.78, 5) is 21.0. The highest BCUT2D eigenvalue weighted by Crippen LogP contribution is 2.42. The average molecular weight is 439 g/mol. The molecule has 30 heavy (non-hydrogen) atoms. The van der Waals surface area contributed by atoms with E-state index in [0.29, 0.717) is 5.92 Å². The highest BCUT2D eigenvalue weighted by atomic mass is 32.2. The lowest BCUT2D eigenvalue weighted by molar-refractivity contribution is 0.218. The van der Waals surface area contributed by atoms with E-state index in [0.717, 1.165) is 51.6 Å². The van der Waals surface area contributed by atoms with Crippen molar-refractivity contribution in [1.82, 2.24) is 9.55 Å². The first-order chi connectivity index (χ1) is 14.1. The van der Waals surface area contributed by atoms with E-state index in [4.69, 9.17) is 4.98 Å². The zero-order chi connectivity index (χ0) is 21.6. The van der Waals surface area contributed by atoms with Crippen LogP contribution in [0.15, 0.2) is 46.4 Å². The van der Waals surface area contributed by atoms with Gasteiger partial charge in [0, 0.05) is 10.6 Å². The molecule has 0 spiro atoms. The van der Waals surface area contributed by atoms with Crippen LogP contribution in [0.5, 0.6) is 0 Å². The zero-order valence-electron chi connectivity index (χ0n) is 18.5. The fourth-order valence-electron chi connectivity index (χ4n) is 4.15. The van der Waals surface area contributed by atoms with E-state index in [9.17, 15) is 4.79 Å². The molecule has 1 atom stereocenters. The maximum atomic E-state index is 13.8. The number of fused-ring (bicyclic) bond motifs is 3. The van der Waals surface area contributed by atoms with E-state index < -0.39 is 0 Å². The van der Waals surface area contributed by atoms with Crippen LogP contribution in [0.25, 0.3) is 15.9 Å². The molecule has 0 amide bonds. The Balaban J connectivity index is 1.90. The van der Waals surface area contributed by atoms with Gasteiger partial charge >= 0.3 is 0 Å². The Kier molecular flexibility index (Phi) is 5.71. The smallest absolute Gasteiger partial charge is 0.267 e. The summed E-state index contributed by atoms with van der Waals surface area (Å²) in [6, 6.07) is 8.14. The molecule has 0 unspecified atom stereocenters. The number of thioether (sulfide) groups is 1. The first kappa shape index (κ1) is 21.4. The quantitative estimate of drug-likeness (QED) is 0.262. The highest BCUT2D eigenvalue weighted by molar-refractivity contribution is 7.99. The van der Waals surface area contributed by atoms with Gasteiger partial charge in [0.1, 0.15) is 4.83 Å². The van der Waals surface area contributed by atoms with Gasteiger partial charge in [0.05, 0.1) is 11.1 Å². The number of nitrogens with zero attached hydrogens (tertiary/aromatic N) is 2. The van der Waals surface area contributed by atoms with E-state index in [2.05, 4.69) is 46.4 Å². The van der Waals surface area contributed by atoms with Crippen molar-refractivity contribution in [3.63, 3.8) is 0 Å². The molecule has 5 heteroatoms. The Morgan fingerprint density at radius 1 is 1.30 bits per heavy atom. The van der Waals surface area contributed by atoms with Crippen LogP contribution in [0.3, 0.4) is 0 Å². The molecule has 0 bridgehead atoms. The predicted molar refractivity (Wildman–Crippen MR) is 130 cm³/mol. The van der Waals surface area contributed by atoms with Crippen LogP contribution in [-0.4, -0.2) is 15.3 Å². The summed E-state index contributed by atoms with van der Waals surface area (Å²) < 4.78 is 1.80. The molecule has 0 saturated heterocycles. The molecule has 0 saturated carbocycles. The summed E-state index contributed by atoms with van der Waals surface area (Å²) in [5.41, 5.74) is 4.73. The average Bonchev–Trinajstić information content (AvgIpc) is 3.04. The molecule has 158 valence electrons. The standard InChI is InChI=1S/C25H30N2OS2/c1-15(2)14-29-24-26-22-21(23(28)27(24)18-10-7-16(3)8-11-18)19-12-9-17(25(4,5)6)13-20(19)30-22/h7-8,10-11,17H,1,9,12-14H2,2-6H3/t17-/m1/s1. The van der Waals surface area contributed by atoms with Crippen molar-refractivity contribution in [2.45, 2.75) is 59.0 Å². The summed E-state index contributed by atoms with van der Waals surface area (Å²) in [5, 5.41) is 1.59. The molecule has 1 aliphatic rings. The van der Waals surface area contributed by atoms with Crippen LogP contribution in [0.4, 0.5) is 0 Å². The second kappa shape index (κ2) is 8.01. The SMILES string of the molecule is C=C(C)CSc1nc2sc3c(c2c(=O)n1-c1ccc(C)cc1)CC[C@@H](C(C)(C)C)C3.